The first kappa shape index (κ1) is 66.1. The van der Waals surface area contributed by atoms with Crippen molar-refractivity contribution in [3.63, 3.8) is 0 Å². The van der Waals surface area contributed by atoms with Gasteiger partial charge < -0.3 is 59.6 Å². The van der Waals surface area contributed by atoms with Gasteiger partial charge in [-0.2, -0.15) is 0 Å². The topological polar surface area (TPSA) is 224 Å². The summed E-state index contributed by atoms with van der Waals surface area (Å²) >= 11 is 19.0. The van der Waals surface area contributed by atoms with Gasteiger partial charge in [-0.3, -0.25) is 0 Å². The van der Waals surface area contributed by atoms with Gasteiger partial charge in [0.1, 0.15) is 23.3 Å². The number of hydrogen-bond acceptors (Lipinski definition) is 15. The van der Waals surface area contributed by atoms with E-state index in [0.29, 0.717) is 161 Å². The van der Waals surface area contributed by atoms with E-state index in [0.717, 1.165) is 16.7 Å². The van der Waals surface area contributed by atoms with Gasteiger partial charge in [-0.05, 0) is 81.6 Å². The zero-order valence-corrected chi connectivity index (χ0v) is 51.6. The summed E-state index contributed by atoms with van der Waals surface area (Å²) in [5, 5.41) is 9.93. The molecule has 3 aliphatic heterocycles. The molecule has 0 saturated carbocycles. The van der Waals surface area contributed by atoms with Crippen LogP contribution in [-0.4, -0.2) is 164 Å². The Morgan fingerprint density at radius 1 is 0.437 bits per heavy atom. The lowest BCUT2D eigenvalue weighted by molar-refractivity contribution is 0.0516. The van der Waals surface area contributed by atoms with Crippen LogP contribution in [0.4, 0.5) is 36.2 Å². The second-order valence-corrected chi connectivity index (χ2v) is 21.5. The largest absolute Gasteiger partial charge is 0.462 e. The lowest BCUT2D eigenvalue weighted by atomic mass is 10.1. The summed E-state index contributed by atoms with van der Waals surface area (Å²) in [4.78, 5) is 96.9. The molecule has 0 radical (unpaired) electrons. The van der Waals surface area contributed by atoms with Crippen LogP contribution in [0.1, 0.15) is 79.7 Å². The van der Waals surface area contributed by atoms with Crippen LogP contribution >= 0.6 is 34.8 Å². The Balaban J connectivity index is 0.000000186. The van der Waals surface area contributed by atoms with Crippen LogP contribution in [0.15, 0.2) is 110 Å². The van der Waals surface area contributed by atoms with Crippen molar-refractivity contribution in [3.8, 4) is 0 Å². The first-order valence-electron chi connectivity index (χ1n) is 28.6. The highest BCUT2D eigenvalue weighted by atomic mass is 35.5. The molecule has 0 spiro atoms. The first-order valence-corrected chi connectivity index (χ1v) is 29.7. The highest BCUT2D eigenvalue weighted by molar-refractivity contribution is 6.34. The Kier molecular flexibility index (Phi) is 25.0. The van der Waals surface area contributed by atoms with Crippen molar-refractivity contribution < 1.29 is 47.4 Å². The van der Waals surface area contributed by atoms with Crippen LogP contribution in [-0.2, 0) is 33.8 Å². The molecule has 0 bridgehead atoms. The number of aromatic nitrogens is 3. The molecule has 6 heterocycles. The Morgan fingerprint density at radius 3 is 1.07 bits per heavy atom. The van der Waals surface area contributed by atoms with E-state index in [1.54, 1.807) is 65.8 Å². The maximum Gasteiger partial charge on any atom is 0.339 e. The quantitative estimate of drug-likeness (QED) is 0.0643. The zero-order valence-electron chi connectivity index (χ0n) is 49.3. The average Bonchev–Trinajstić information content (AvgIpc) is 2.53. The number of esters is 3. The predicted molar refractivity (Wildman–Crippen MR) is 332 cm³/mol. The van der Waals surface area contributed by atoms with Crippen LogP contribution in [0, 0.1) is 19.7 Å². The van der Waals surface area contributed by atoms with Gasteiger partial charge in [0.2, 0.25) is 0 Å². The molecular weight excluding hydrogens is 1180 g/mol. The molecule has 3 N–H and O–H groups in total. The minimum Gasteiger partial charge on any atom is -0.462 e. The summed E-state index contributed by atoms with van der Waals surface area (Å²) in [6, 6.07) is 26.5. The first-order chi connectivity index (χ1) is 41.9. The van der Waals surface area contributed by atoms with Crippen LogP contribution in [0.2, 0.25) is 15.1 Å². The molecular formula is C62H72Cl3FN12O9. The number of halogens is 4. The van der Waals surface area contributed by atoms with Gasteiger partial charge in [-0.15, -0.1) is 0 Å². The number of ether oxygens (including phenoxy) is 3. The maximum atomic E-state index is 12.9. The number of aryl methyl sites for hydroxylation is 2. The number of nitrogens with one attached hydrogen (secondary N) is 3. The minimum atomic E-state index is -0.462. The second kappa shape index (κ2) is 32.9. The van der Waals surface area contributed by atoms with Gasteiger partial charge in [-0.1, -0.05) is 107 Å². The van der Waals surface area contributed by atoms with Gasteiger partial charge in [0, 0.05) is 117 Å². The molecule has 462 valence electrons. The van der Waals surface area contributed by atoms with E-state index in [4.69, 9.17) is 49.0 Å². The summed E-state index contributed by atoms with van der Waals surface area (Å²) in [6.07, 6.45) is 4.39. The van der Waals surface area contributed by atoms with Gasteiger partial charge >= 0.3 is 36.0 Å². The van der Waals surface area contributed by atoms with Crippen molar-refractivity contribution in [1.29, 1.82) is 0 Å². The second-order valence-electron chi connectivity index (χ2n) is 20.2. The van der Waals surface area contributed by atoms with Crippen molar-refractivity contribution in [2.24, 2.45) is 0 Å². The van der Waals surface area contributed by atoms with Crippen molar-refractivity contribution >= 4 is 88.3 Å². The van der Waals surface area contributed by atoms with Gasteiger partial charge in [0.05, 0.1) is 51.6 Å². The summed E-state index contributed by atoms with van der Waals surface area (Å²) in [5.74, 6) is 0.145. The SMILES string of the molecule is CCOC(=O)c1cnc(N2CCN(C(=O)NCc3ccc(C)cc3)CC2)c(Cl)c1.CCOC(=O)c1cnc(N2CCN(C(=O)NCc3ccc(F)cc3)CC2)c(Cl)c1.CCOC(=O)c1cnc(N2CCN(C(=O)NCc3cccc(C)c3)CC2)c(Cl)c1. The van der Waals surface area contributed by atoms with E-state index in [-0.39, 0.29) is 30.5 Å². The molecule has 3 aliphatic rings. The molecule has 0 atom stereocenters. The van der Waals surface area contributed by atoms with Crippen LogP contribution in [0.5, 0.6) is 0 Å². The van der Waals surface area contributed by atoms with E-state index in [1.165, 1.54) is 41.9 Å². The van der Waals surface area contributed by atoms with E-state index >= 15 is 0 Å². The number of carbonyl (C=O) groups is 6. The predicted octanol–water partition coefficient (Wildman–Crippen LogP) is 9.59. The molecule has 3 aromatic heterocycles. The summed E-state index contributed by atoms with van der Waals surface area (Å²) in [5.41, 5.74) is 6.30. The number of piperazine rings is 3. The summed E-state index contributed by atoms with van der Waals surface area (Å²) in [6.45, 7) is 18.4. The molecule has 3 fully saturated rings. The Bertz CT molecular complexity index is 3160. The van der Waals surface area contributed by atoms with Gasteiger partial charge in [-0.25, -0.2) is 48.1 Å². The Hall–Kier alpha value is -8.47. The monoisotopic (exact) mass is 1250 g/mol. The van der Waals surface area contributed by atoms with Crippen molar-refractivity contribution in [1.82, 2.24) is 45.6 Å². The Labute approximate surface area is 521 Å². The number of hydrogen-bond donors (Lipinski definition) is 3. The fraction of sp³-hybridized carbons (Fsp3) is 0.371. The van der Waals surface area contributed by atoms with Crippen LogP contribution in [0.25, 0.3) is 0 Å². The molecule has 6 aromatic rings. The van der Waals surface area contributed by atoms with Crippen LogP contribution in [0.3, 0.4) is 0 Å². The molecule has 3 saturated heterocycles. The number of benzene rings is 3. The number of amides is 6. The number of urea groups is 3. The van der Waals surface area contributed by atoms with Crippen molar-refractivity contribution in [2.75, 3.05) is 113 Å². The highest BCUT2D eigenvalue weighted by Gasteiger charge is 2.27. The average molecular weight is 1250 g/mol. The molecule has 6 amide bonds. The van der Waals surface area contributed by atoms with Crippen molar-refractivity contribution in [3.05, 3.63) is 175 Å². The van der Waals surface area contributed by atoms with E-state index < -0.39 is 17.9 Å². The number of pyridine rings is 3. The summed E-state index contributed by atoms with van der Waals surface area (Å²) in [7, 11) is 0. The highest BCUT2D eigenvalue weighted by Crippen LogP contribution is 2.28. The number of carbonyl (C=O) groups excluding carboxylic acids is 6. The lowest BCUT2D eigenvalue weighted by Gasteiger charge is -2.35. The minimum absolute atomic E-state index is 0.0807. The lowest BCUT2D eigenvalue weighted by Crippen LogP contribution is -2.52. The molecule has 0 unspecified atom stereocenters. The molecule has 25 heteroatoms. The third-order valence-corrected chi connectivity index (χ3v) is 14.9. The molecule has 87 heavy (non-hydrogen) atoms. The fourth-order valence-electron chi connectivity index (χ4n) is 9.33. The standard InChI is InChI=1S/2C21H25ClN4O3.C20H22ClFN4O3/c1-3-29-20(27)17-12-18(22)19(23-14-17)25-8-10-26(11-9-25)21(28)24-13-16-6-4-15(2)5-7-16;1-3-29-20(27)17-12-18(22)19(23-14-17)25-7-9-26(10-8-25)21(28)24-13-16-6-4-5-15(2)11-16;1-2-29-19(27)15-11-17(21)18(23-13-15)25-7-9-26(10-8-25)20(28)24-12-14-3-5-16(22)6-4-14/h4-7,12,14H,3,8-11,13H2,1-2H3,(H,24,28);4-6,11-12,14H,3,7-10,13H2,1-2H3,(H,24,28);3-6,11,13H,2,7-10,12H2,1H3,(H,24,28). The normalized spacial score (nSPS) is 13.9. The van der Waals surface area contributed by atoms with Crippen molar-refractivity contribution in [2.45, 2.75) is 54.3 Å². The maximum absolute atomic E-state index is 12.9. The van der Waals surface area contributed by atoms with E-state index in [1.807, 2.05) is 71.0 Å². The Morgan fingerprint density at radius 2 is 0.759 bits per heavy atom. The van der Waals surface area contributed by atoms with Gasteiger partial charge in [0.25, 0.3) is 0 Å². The molecule has 9 rings (SSSR count). The molecule has 0 aliphatic carbocycles. The molecule has 3 aromatic carbocycles. The third-order valence-electron chi connectivity index (χ3n) is 14.0. The fourth-order valence-corrected chi connectivity index (χ4v) is 10.2. The number of nitrogens with zero attached hydrogens (tertiary/aromatic N) is 9. The number of rotatable bonds is 15. The smallest absolute Gasteiger partial charge is 0.339 e. The van der Waals surface area contributed by atoms with E-state index in [2.05, 4.69) is 37.0 Å². The molecule has 21 nitrogen and oxygen atoms in total. The van der Waals surface area contributed by atoms with E-state index in [9.17, 15) is 33.2 Å². The summed E-state index contributed by atoms with van der Waals surface area (Å²) < 4.78 is 27.8. The third kappa shape index (κ3) is 19.5. The zero-order chi connectivity index (χ0) is 62.4. The number of anilines is 3. The van der Waals surface area contributed by atoms with Crippen LogP contribution < -0.4 is 30.7 Å². The van der Waals surface area contributed by atoms with Gasteiger partial charge in [0.15, 0.2) is 0 Å².